The first-order chi connectivity index (χ1) is 18.6. The Morgan fingerprint density at radius 2 is 1.79 bits per heavy atom. The van der Waals surface area contributed by atoms with Crippen LogP contribution in [0.4, 0.5) is 9.18 Å². The molecule has 0 aliphatic carbocycles. The average molecular weight is 566 g/mol. The van der Waals surface area contributed by atoms with Crippen LogP contribution in [0.5, 0.6) is 0 Å². The summed E-state index contributed by atoms with van der Waals surface area (Å²) in [5, 5.41) is 2.44. The number of alkyl carbamates (subject to hydrolysis) is 1. The molecule has 8 heteroatoms. The quantitative estimate of drug-likeness (QED) is 0.194. The number of thiophene rings is 1. The molecular formula is C31H48FNO5S. The fourth-order valence-corrected chi connectivity index (χ4v) is 4.54. The molecule has 0 aliphatic rings. The number of carbonyl (C=O) groups excluding carboxylic acids is 2. The van der Waals surface area contributed by atoms with E-state index in [9.17, 15) is 18.8 Å². The van der Waals surface area contributed by atoms with Crippen LogP contribution in [0.3, 0.4) is 0 Å². The van der Waals surface area contributed by atoms with Crippen LogP contribution in [0.25, 0.3) is 0 Å². The number of halogens is 1. The minimum Gasteiger partial charge on any atom is -0.453 e. The topological polar surface area (TPSA) is 85.6 Å². The molecule has 220 valence electrons. The standard InChI is InChI=1S/C18H25NO5.C11H17FS.C2H6/c1-11(2)16(20)15-13(4)10-14(24-17(15)21)12(3)8-6-7-9-19-18(22)23-5;1-2-10-7-8-11(13-10)6-4-3-5-9-12;1-2/h7,9-12H,6,8H2,1-5H3,(H,19,22);7-8H,2-6,9H2,1H3;1-2H3/b9-7+;;. The molecule has 2 aromatic heterocycles. The van der Waals surface area contributed by atoms with E-state index < -0.39 is 11.7 Å². The first kappa shape index (κ1) is 36.3. The Morgan fingerprint density at radius 1 is 1.13 bits per heavy atom. The molecule has 1 N–H and O–H groups in total. The summed E-state index contributed by atoms with van der Waals surface area (Å²) in [7, 11) is 1.29. The summed E-state index contributed by atoms with van der Waals surface area (Å²) in [6.07, 6.45) is 9.38. The minimum absolute atomic E-state index is 0.0161. The van der Waals surface area contributed by atoms with Crippen LogP contribution in [0.2, 0.25) is 0 Å². The number of unbranched alkanes of at least 4 members (excludes halogenated alkanes) is 2. The molecule has 0 radical (unpaired) electrons. The number of allylic oxidation sites excluding steroid dienone is 1. The Labute approximate surface area is 238 Å². The van der Waals surface area contributed by atoms with Crippen molar-refractivity contribution in [2.75, 3.05) is 13.8 Å². The van der Waals surface area contributed by atoms with E-state index in [1.54, 1.807) is 32.9 Å². The number of Topliss-reactive ketones (excluding diaryl/α,β-unsaturated/α-hetero) is 1. The lowest BCUT2D eigenvalue weighted by molar-refractivity contribution is 0.0934. The molecule has 0 bridgehead atoms. The summed E-state index contributed by atoms with van der Waals surface area (Å²) >= 11 is 1.90. The van der Waals surface area contributed by atoms with Gasteiger partial charge in [0.15, 0.2) is 5.78 Å². The van der Waals surface area contributed by atoms with Crippen molar-refractivity contribution >= 4 is 23.2 Å². The van der Waals surface area contributed by atoms with Crippen LogP contribution in [0.15, 0.2) is 39.7 Å². The van der Waals surface area contributed by atoms with Crippen molar-refractivity contribution in [3.63, 3.8) is 0 Å². The van der Waals surface area contributed by atoms with Crippen LogP contribution in [0.1, 0.15) is 111 Å². The molecule has 0 spiro atoms. The maximum atomic E-state index is 12.1. The average Bonchev–Trinajstić information content (AvgIpc) is 3.39. The summed E-state index contributed by atoms with van der Waals surface area (Å²) in [6.45, 7) is 13.2. The van der Waals surface area contributed by atoms with Gasteiger partial charge in [0.1, 0.15) is 11.3 Å². The molecule has 0 aliphatic heterocycles. The molecule has 0 aromatic carbocycles. The van der Waals surface area contributed by atoms with Crippen molar-refractivity contribution in [1.29, 1.82) is 0 Å². The van der Waals surface area contributed by atoms with Gasteiger partial charge in [0.25, 0.3) is 0 Å². The van der Waals surface area contributed by atoms with Crippen molar-refractivity contribution in [2.45, 2.75) is 99.3 Å². The third kappa shape index (κ3) is 14.3. The summed E-state index contributed by atoms with van der Waals surface area (Å²) in [4.78, 5) is 38.0. The van der Waals surface area contributed by atoms with Crippen LogP contribution in [-0.2, 0) is 17.6 Å². The number of carbonyl (C=O) groups is 2. The number of alkyl halides is 1. The number of methoxy groups -OCH3 is 1. The normalized spacial score (nSPS) is 11.3. The predicted molar refractivity (Wildman–Crippen MR) is 160 cm³/mol. The maximum Gasteiger partial charge on any atom is 0.410 e. The molecule has 6 nitrogen and oxygen atoms in total. The molecule has 2 rings (SSSR count). The molecule has 1 atom stereocenters. The van der Waals surface area contributed by atoms with Gasteiger partial charge in [-0.2, -0.15) is 0 Å². The highest BCUT2D eigenvalue weighted by molar-refractivity contribution is 7.11. The van der Waals surface area contributed by atoms with Crippen molar-refractivity contribution in [3.05, 3.63) is 67.5 Å². The van der Waals surface area contributed by atoms with Gasteiger partial charge in [-0.05, 0) is 69.2 Å². The molecule has 2 aromatic rings. The van der Waals surface area contributed by atoms with Crippen molar-refractivity contribution in [1.82, 2.24) is 5.32 Å². The van der Waals surface area contributed by atoms with Crippen LogP contribution in [0, 0.1) is 12.8 Å². The number of ether oxygens (including phenoxy) is 1. The summed E-state index contributed by atoms with van der Waals surface area (Å²) < 4.78 is 21.6. The zero-order valence-electron chi connectivity index (χ0n) is 25.0. The first-order valence-electron chi connectivity index (χ1n) is 14.0. The number of rotatable bonds is 13. The van der Waals surface area contributed by atoms with E-state index in [2.05, 4.69) is 29.1 Å². The molecule has 0 saturated heterocycles. The number of aryl methyl sites for hydroxylation is 3. The number of nitrogens with one attached hydrogen (secondary N) is 1. The third-order valence-electron chi connectivity index (χ3n) is 5.82. The van der Waals surface area contributed by atoms with Gasteiger partial charge >= 0.3 is 11.7 Å². The van der Waals surface area contributed by atoms with Gasteiger partial charge in [0, 0.05) is 27.8 Å². The van der Waals surface area contributed by atoms with Crippen molar-refractivity contribution < 1.29 is 23.1 Å². The molecule has 1 amide bonds. The fourth-order valence-electron chi connectivity index (χ4n) is 3.54. The zero-order valence-corrected chi connectivity index (χ0v) is 25.8. The van der Waals surface area contributed by atoms with E-state index in [-0.39, 0.29) is 29.9 Å². The lowest BCUT2D eigenvalue weighted by Crippen LogP contribution is -2.21. The molecule has 1 unspecified atom stereocenters. The second kappa shape index (κ2) is 21.1. The lowest BCUT2D eigenvalue weighted by atomic mass is 9.96. The van der Waals surface area contributed by atoms with E-state index in [4.69, 9.17) is 4.42 Å². The highest BCUT2D eigenvalue weighted by atomic mass is 32.1. The highest BCUT2D eigenvalue weighted by Gasteiger charge is 2.20. The number of hydrogen-bond donors (Lipinski definition) is 1. The minimum atomic E-state index is -0.571. The van der Waals surface area contributed by atoms with Gasteiger partial charge in [-0.25, -0.2) is 9.59 Å². The van der Waals surface area contributed by atoms with E-state index in [0.717, 1.165) is 38.5 Å². The second-order valence-electron chi connectivity index (χ2n) is 9.25. The molecule has 0 fully saturated rings. The lowest BCUT2D eigenvalue weighted by Gasteiger charge is -2.12. The fraction of sp³-hybridized carbons (Fsp3) is 0.581. The van der Waals surface area contributed by atoms with Crippen molar-refractivity contribution in [2.24, 2.45) is 5.92 Å². The molecule has 39 heavy (non-hydrogen) atoms. The number of amides is 1. The van der Waals surface area contributed by atoms with Gasteiger partial charge in [-0.3, -0.25) is 14.5 Å². The largest absolute Gasteiger partial charge is 0.453 e. The molecule has 0 saturated carbocycles. The van der Waals surface area contributed by atoms with E-state index in [1.165, 1.54) is 23.1 Å². The summed E-state index contributed by atoms with van der Waals surface area (Å²) in [6, 6.07) is 6.17. The Bertz CT molecular complexity index is 1060. The highest BCUT2D eigenvalue weighted by Crippen LogP contribution is 2.22. The molecule has 2 heterocycles. The number of hydrogen-bond acceptors (Lipinski definition) is 6. The zero-order chi connectivity index (χ0) is 29.8. The molecular weight excluding hydrogens is 517 g/mol. The number of ketones is 1. The van der Waals surface area contributed by atoms with E-state index in [0.29, 0.717) is 17.7 Å². The Balaban J connectivity index is 0.000000808. The Morgan fingerprint density at radius 3 is 2.33 bits per heavy atom. The smallest absolute Gasteiger partial charge is 0.410 e. The van der Waals surface area contributed by atoms with Gasteiger partial charge < -0.3 is 9.15 Å². The van der Waals surface area contributed by atoms with Crippen LogP contribution < -0.4 is 10.9 Å². The second-order valence-corrected chi connectivity index (χ2v) is 10.5. The van der Waals surface area contributed by atoms with Gasteiger partial charge in [-0.1, -0.05) is 54.0 Å². The Kier molecular flexibility index (Phi) is 19.6. The summed E-state index contributed by atoms with van der Waals surface area (Å²) in [5.74, 6) is 0.133. The van der Waals surface area contributed by atoms with E-state index >= 15 is 0 Å². The van der Waals surface area contributed by atoms with Gasteiger partial charge in [-0.15, -0.1) is 11.3 Å². The SMILES string of the molecule is CC.CCc1ccc(CCCCCF)s1.COC(=O)N/C=C/CCC(C)c1cc(C)c(C(=O)C(C)C)c(=O)o1. The van der Waals surface area contributed by atoms with Gasteiger partial charge in [0.05, 0.1) is 13.8 Å². The Hall–Kier alpha value is -2.74. The third-order valence-corrected chi connectivity index (χ3v) is 7.11. The van der Waals surface area contributed by atoms with Crippen molar-refractivity contribution in [3.8, 4) is 0 Å². The first-order valence-corrected chi connectivity index (χ1v) is 14.8. The van der Waals surface area contributed by atoms with Crippen LogP contribution >= 0.6 is 11.3 Å². The monoisotopic (exact) mass is 565 g/mol. The van der Waals surface area contributed by atoms with E-state index in [1.807, 2.05) is 32.1 Å². The van der Waals surface area contributed by atoms with Gasteiger partial charge in [0.2, 0.25) is 0 Å². The summed E-state index contributed by atoms with van der Waals surface area (Å²) in [5.41, 5.74) is 0.219. The maximum absolute atomic E-state index is 12.1. The predicted octanol–water partition coefficient (Wildman–Crippen LogP) is 8.56. The van der Waals surface area contributed by atoms with Crippen LogP contribution in [-0.4, -0.2) is 25.7 Å².